The number of rotatable bonds is 4. The molecule has 3 nitrogen and oxygen atoms in total. The molecule has 0 radical (unpaired) electrons. The first kappa shape index (κ1) is 22.8. The van der Waals surface area contributed by atoms with Gasteiger partial charge in [0.15, 0.2) is 0 Å². The fraction of sp³-hybridized carbons (Fsp3) is 0.500. The fourth-order valence-corrected chi connectivity index (χ4v) is 3.75. The van der Waals surface area contributed by atoms with Gasteiger partial charge >= 0.3 is 0 Å². The molecule has 2 aromatic carbocycles. The Kier molecular flexibility index (Phi) is 6.57. The van der Waals surface area contributed by atoms with Gasteiger partial charge in [0.1, 0.15) is 11.5 Å². The van der Waals surface area contributed by atoms with Gasteiger partial charge in [0.2, 0.25) is 0 Å². The molecule has 0 spiro atoms. The Labute approximate surface area is 178 Å². The van der Waals surface area contributed by atoms with Gasteiger partial charge in [0, 0.05) is 24.2 Å². The minimum absolute atomic E-state index is 0.0000380. The standard InChI is InChI=1S/C24H34BrNO2/c1-15-9-18(23(2,3)4)10-16(21(15)27)13-26(8)14-17-11-19(24(5,6)7)12-20(25)22(17)28/h9-12,27-28H,13-14H2,1-8H3. The molecule has 28 heavy (non-hydrogen) atoms. The number of hydrogen-bond donors (Lipinski definition) is 2. The van der Waals surface area contributed by atoms with E-state index < -0.39 is 0 Å². The molecule has 2 N–H and O–H groups in total. The zero-order chi connectivity index (χ0) is 21.4. The quantitative estimate of drug-likeness (QED) is 0.569. The van der Waals surface area contributed by atoms with Crippen LogP contribution in [0.2, 0.25) is 0 Å². The maximum absolute atomic E-state index is 10.6. The summed E-state index contributed by atoms with van der Waals surface area (Å²) in [4.78, 5) is 2.12. The molecule has 0 aliphatic heterocycles. The second kappa shape index (κ2) is 8.08. The minimum atomic E-state index is -0.0000380. The molecule has 0 bridgehead atoms. The first-order chi connectivity index (χ1) is 12.7. The van der Waals surface area contributed by atoms with Crippen LogP contribution >= 0.6 is 15.9 Å². The van der Waals surface area contributed by atoms with Crippen LogP contribution < -0.4 is 0 Å². The van der Waals surface area contributed by atoms with Crippen molar-refractivity contribution in [1.82, 2.24) is 4.90 Å². The maximum Gasteiger partial charge on any atom is 0.134 e. The van der Waals surface area contributed by atoms with Crippen LogP contribution in [0.3, 0.4) is 0 Å². The van der Waals surface area contributed by atoms with Crippen molar-refractivity contribution in [2.75, 3.05) is 7.05 Å². The summed E-state index contributed by atoms with van der Waals surface area (Å²) in [6.07, 6.45) is 0. The number of hydrogen-bond acceptors (Lipinski definition) is 3. The third kappa shape index (κ3) is 5.30. The van der Waals surface area contributed by atoms with Crippen molar-refractivity contribution < 1.29 is 10.2 Å². The molecule has 0 fully saturated rings. The van der Waals surface area contributed by atoms with Gasteiger partial charge in [-0.05, 0) is 63.5 Å². The average Bonchev–Trinajstić information content (AvgIpc) is 2.53. The Morgan fingerprint density at radius 1 is 0.786 bits per heavy atom. The van der Waals surface area contributed by atoms with Crippen LogP contribution in [0, 0.1) is 6.92 Å². The molecule has 0 aromatic heterocycles. The van der Waals surface area contributed by atoms with E-state index in [9.17, 15) is 10.2 Å². The third-order valence-corrected chi connectivity index (χ3v) is 5.74. The molecule has 2 aromatic rings. The predicted octanol–water partition coefficient (Wildman–Crippen LogP) is 6.40. The molecular formula is C24H34BrNO2. The van der Waals surface area contributed by atoms with E-state index in [1.54, 1.807) is 0 Å². The number of nitrogens with zero attached hydrogens (tertiary/aromatic N) is 1. The molecule has 0 saturated carbocycles. The third-order valence-electron chi connectivity index (χ3n) is 5.13. The van der Waals surface area contributed by atoms with Gasteiger partial charge < -0.3 is 10.2 Å². The second-order valence-corrected chi connectivity index (χ2v) is 10.8. The summed E-state index contributed by atoms with van der Waals surface area (Å²) < 4.78 is 0.719. The normalized spacial score (nSPS) is 12.6. The first-order valence-electron chi connectivity index (χ1n) is 9.73. The predicted molar refractivity (Wildman–Crippen MR) is 121 cm³/mol. The van der Waals surface area contributed by atoms with E-state index in [0.717, 1.165) is 21.2 Å². The Hall–Kier alpha value is -1.52. The van der Waals surface area contributed by atoms with Gasteiger partial charge in [-0.1, -0.05) is 59.7 Å². The van der Waals surface area contributed by atoms with Gasteiger partial charge in [-0.25, -0.2) is 0 Å². The number of aryl methyl sites for hydroxylation is 1. The van der Waals surface area contributed by atoms with Crippen LogP contribution in [0.15, 0.2) is 28.7 Å². The van der Waals surface area contributed by atoms with Crippen molar-refractivity contribution in [2.45, 2.75) is 72.4 Å². The van der Waals surface area contributed by atoms with Crippen LogP contribution in [0.25, 0.3) is 0 Å². The van der Waals surface area contributed by atoms with Crippen LogP contribution in [0.5, 0.6) is 11.5 Å². The average molecular weight is 448 g/mol. The Bertz CT molecular complexity index is 789. The Morgan fingerprint density at radius 2 is 1.21 bits per heavy atom. The molecule has 0 heterocycles. The number of benzene rings is 2. The van der Waals surface area contributed by atoms with Crippen LogP contribution in [0.4, 0.5) is 0 Å². The molecule has 0 aliphatic rings. The van der Waals surface area contributed by atoms with Crippen molar-refractivity contribution >= 4 is 15.9 Å². The van der Waals surface area contributed by atoms with Crippen molar-refractivity contribution in [1.29, 1.82) is 0 Å². The fourth-order valence-electron chi connectivity index (χ4n) is 3.25. The molecule has 0 saturated heterocycles. The van der Waals surface area contributed by atoms with Crippen molar-refractivity contribution in [3.8, 4) is 11.5 Å². The molecule has 4 heteroatoms. The van der Waals surface area contributed by atoms with Crippen LogP contribution in [0.1, 0.15) is 69.4 Å². The monoisotopic (exact) mass is 447 g/mol. The molecule has 2 rings (SSSR count). The zero-order valence-electron chi connectivity index (χ0n) is 18.4. The Morgan fingerprint density at radius 3 is 1.68 bits per heavy atom. The number of halogens is 1. The SMILES string of the molecule is Cc1cc(C(C)(C)C)cc(CN(C)Cc2cc(C(C)(C)C)cc(Br)c2O)c1O. The molecule has 0 aliphatic carbocycles. The van der Waals surface area contributed by atoms with E-state index in [-0.39, 0.29) is 16.6 Å². The van der Waals surface area contributed by atoms with Gasteiger partial charge in [-0.2, -0.15) is 0 Å². The van der Waals surface area contributed by atoms with E-state index in [4.69, 9.17) is 0 Å². The lowest BCUT2D eigenvalue weighted by Crippen LogP contribution is -2.20. The summed E-state index contributed by atoms with van der Waals surface area (Å²) in [7, 11) is 2.01. The zero-order valence-corrected chi connectivity index (χ0v) is 20.0. The summed E-state index contributed by atoms with van der Waals surface area (Å²) in [5.41, 5.74) is 5.11. The summed E-state index contributed by atoms with van der Waals surface area (Å²) in [5.74, 6) is 0.636. The number of aromatic hydroxyl groups is 2. The number of phenolic OH excluding ortho intramolecular Hbond substituents is 2. The molecule has 0 atom stereocenters. The highest BCUT2D eigenvalue weighted by Crippen LogP contribution is 2.36. The lowest BCUT2D eigenvalue weighted by atomic mass is 9.84. The highest BCUT2D eigenvalue weighted by Gasteiger charge is 2.20. The van der Waals surface area contributed by atoms with Gasteiger partial charge in [0.25, 0.3) is 0 Å². The van der Waals surface area contributed by atoms with Crippen molar-refractivity contribution in [3.63, 3.8) is 0 Å². The van der Waals surface area contributed by atoms with E-state index >= 15 is 0 Å². The van der Waals surface area contributed by atoms with E-state index in [1.165, 1.54) is 11.1 Å². The molecule has 0 unspecified atom stereocenters. The minimum Gasteiger partial charge on any atom is -0.507 e. The molecule has 0 amide bonds. The maximum atomic E-state index is 10.6. The van der Waals surface area contributed by atoms with Crippen LogP contribution in [-0.2, 0) is 23.9 Å². The summed E-state index contributed by atoms with van der Waals surface area (Å²) >= 11 is 3.49. The van der Waals surface area contributed by atoms with Crippen molar-refractivity contribution in [2.24, 2.45) is 0 Å². The van der Waals surface area contributed by atoms with E-state index in [2.05, 4.69) is 80.6 Å². The second-order valence-electron chi connectivity index (χ2n) is 9.94. The summed E-state index contributed by atoms with van der Waals surface area (Å²) in [6, 6.07) is 8.23. The lowest BCUT2D eigenvalue weighted by molar-refractivity contribution is 0.305. The highest BCUT2D eigenvalue weighted by molar-refractivity contribution is 9.10. The molecular weight excluding hydrogens is 414 g/mol. The summed E-state index contributed by atoms with van der Waals surface area (Å²) in [5, 5.41) is 21.1. The van der Waals surface area contributed by atoms with Gasteiger partial charge in [0.05, 0.1) is 4.47 Å². The first-order valence-corrected chi connectivity index (χ1v) is 10.5. The van der Waals surface area contributed by atoms with E-state index in [0.29, 0.717) is 18.8 Å². The summed E-state index contributed by atoms with van der Waals surface area (Å²) in [6.45, 7) is 16.2. The highest BCUT2D eigenvalue weighted by atomic mass is 79.9. The smallest absolute Gasteiger partial charge is 0.134 e. The molecule has 154 valence electrons. The van der Waals surface area contributed by atoms with E-state index in [1.807, 2.05) is 20.0 Å². The topological polar surface area (TPSA) is 43.7 Å². The Balaban J connectivity index is 2.32. The number of phenols is 2. The van der Waals surface area contributed by atoms with Crippen molar-refractivity contribution in [3.05, 3.63) is 56.6 Å². The van der Waals surface area contributed by atoms with Crippen LogP contribution in [-0.4, -0.2) is 22.2 Å². The lowest BCUT2D eigenvalue weighted by Gasteiger charge is -2.25. The van der Waals surface area contributed by atoms with Gasteiger partial charge in [-0.15, -0.1) is 0 Å². The largest absolute Gasteiger partial charge is 0.507 e. The van der Waals surface area contributed by atoms with Gasteiger partial charge in [-0.3, -0.25) is 4.90 Å².